The molecule has 0 aliphatic rings. The van der Waals surface area contributed by atoms with E-state index >= 15 is 0 Å². The minimum absolute atomic E-state index is 0.723. The Hall–Kier alpha value is -1.66. The van der Waals surface area contributed by atoms with Gasteiger partial charge in [-0.1, -0.05) is 30.3 Å². The highest BCUT2D eigenvalue weighted by atomic mass is 32.2. The Balaban J connectivity index is 2.74. The average molecular weight is 255 g/mol. The van der Waals surface area contributed by atoms with Gasteiger partial charge in [-0.2, -0.15) is 4.72 Å². The SMILES string of the molecule is C[C@H](NS(=O)(=O)/C=C/c1ccccc1)C(=O)O. The number of rotatable bonds is 5. The minimum Gasteiger partial charge on any atom is -0.480 e. The summed E-state index contributed by atoms with van der Waals surface area (Å²) in [4.78, 5) is 10.5. The number of carbonyl (C=O) groups is 1. The molecule has 1 rings (SSSR count). The lowest BCUT2D eigenvalue weighted by atomic mass is 10.2. The van der Waals surface area contributed by atoms with Gasteiger partial charge in [-0.05, 0) is 18.6 Å². The third-order valence-electron chi connectivity index (χ3n) is 1.95. The Morgan fingerprint density at radius 3 is 2.47 bits per heavy atom. The molecule has 0 fully saturated rings. The van der Waals surface area contributed by atoms with Crippen molar-refractivity contribution in [3.05, 3.63) is 41.3 Å². The second-order valence-electron chi connectivity index (χ2n) is 3.44. The van der Waals surface area contributed by atoms with Crippen molar-refractivity contribution in [2.75, 3.05) is 0 Å². The highest BCUT2D eigenvalue weighted by Crippen LogP contribution is 2.03. The Bertz CT molecular complexity index is 508. The van der Waals surface area contributed by atoms with Crippen LogP contribution in [0.2, 0.25) is 0 Å². The molecule has 0 bridgehead atoms. The Morgan fingerprint density at radius 2 is 1.94 bits per heavy atom. The number of sulfonamides is 1. The quantitative estimate of drug-likeness (QED) is 0.823. The van der Waals surface area contributed by atoms with E-state index in [4.69, 9.17) is 5.11 Å². The maximum atomic E-state index is 11.5. The molecule has 0 amide bonds. The van der Waals surface area contributed by atoms with Crippen LogP contribution < -0.4 is 4.72 Å². The fourth-order valence-corrected chi connectivity index (χ4v) is 2.08. The lowest BCUT2D eigenvalue weighted by Gasteiger charge is -2.06. The van der Waals surface area contributed by atoms with E-state index in [2.05, 4.69) is 0 Å². The number of nitrogens with one attached hydrogen (secondary N) is 1. The largest absolute Gasteiger partial charge is 0.480 e. The molecule has 2 N–H and O–H groups in total. The van der Waals surface area contributed by atoms with E-state index in [0.717, 1.165) is 11.0 Å². The molecule has 6 heteroatoms. The highest BCUT2D eigenvalue weighted by Gasteiger charge is 2.16. The number of hydrogen-bond donors (Lipinski definition) is 2. The van der Waals surface area contributed by atoms with Gasteiger partial charge in [-0.15, -0.1) is 0 Å². The standard InChI is InChI=1S/C11H13NO4S/c1-9(11(13)14)12-17(15,16)8-7-10-5-3-2-4-6-10/h2-9,12H,1H3,(H,13,14)/b8-7+/t9-/m0/s1. The molecule has 0 radical (unpaired) electrons. The number of carboxylic acid groups (broad SMARTS) is 1. The maximum absolute atomic E-state index is 11.5. The van der Waals surface area contributed by atoms with Crippen LogP contribution in [-0.4, -0.2) is 25.5 Å². The van der Waals surface area contributed by atoms with Gasteiger partial charge in [0.2, 0.25) is 10.0 Å². The summed E-state index contributed by atoms with van der Waals surface area (Å²) in [6.07, 6.45) is 1.40. The van der Waals surface area contributed by atoms with E-state index in [1.807, 2.05) is 10.8 Å². The topological polar surface area (TPSA) is 83.5 Å². The molecule has 0 spiro atoms. The third kappa shape index (κ3) is 4.80. The van der Waals surface area contributed by atoms with Gasteiger partial charge < -0.3 is 5.11 Å². The van der Waals surface area contributed by atoms with Crippen molar-refractivity contribution in [2.45, 2.75) is 13.0 Å². The lowest BCUT2D eigenvalue weighted by Crippen LogP contribution is -2.37. The molecule has 1 aromatic carbocycles. The monoisotopic (exact) mass is 255 g/mol. The molecule has 17 heavy (non-hydrogen) atoms. The molecule has 0 unspecified atom stereocenters. The van der Waals surface area contributed by atoms with Crippen LogP contribution in [0.3, 0.4) is 0 Å². The van der Waals surface area contributed by atoms with Crippen LogP contribution in [0.15, 0.2) is 35.7 Å². The lowest BCUT2D eigenvalue weighted by molar-refractivity contribution is -0.138. The molecule has 0 saturated heterocycles. The summed E-state index contributed by atoms with van der Waals surface area (Å²) < 4.78 is 24.9. The molecule has 92 valence electrons. The predicted molar refractivity (Wildman–Crippen MR) is 64.6 cm³/mol. The van der Waals surface area contributed by atoms with Gasteiger partial charge in [-0.25, -0.2) is 8.42 Å². The van der Waals surface area contributed by atoms with Crippen LogP contribution in [0.1, 0.15) is 12.5 Å². The predicted octanol–water partition coefficient (Wildman–Crippen LogP) is 1.05. The van der Waals surface area contributed by atoms with Gasteiger partial charge in [0.15, 0.2) is 0 Å². The molecular formula is C11H13NO4S. The first kappa shape index (κ1) is 13.4. The minimum atomic E-state index is -3.74. The van der Waals surface area contributed by atoms with E-state index in [1.54, 1.807) is 24.3 Å². The fourth-order valence-electron chi connectivity index (χ4n) is 1.07. The summed E-state index contributed by atoms with van der Waals surface area (Å²) in [5.74, 6) is -1.22. The zero-order valence-corrected chi connectivity index (χ0v) is 10.0. The molecular weight excluding hydrogens is 242 g/mol. The van der Waals surface area contributed by atoms with Gasteiger partial charge in [0.25, 0.3) is 0 Å². The summed E-state index contributed by atoms with van der Waals surface area (Å²) >= 11 is 0. The first-order valence-corrected chi connectivity index (χ1v) is 6.43. The first-order valence-electron chi connectivity index (χ1n) is 4.89. The highest BCUT2D eigenvalue weighted by molar-refractivity contribution is 7.92. The van der Waals surface area contributed by atoms with Crippen molar-refractivity contribution in [1.29, 1.82) is 0 Å². The smallest absolute Gasteiger partial charge is 0.321 e. The Labute approximate surface area is 99.8 Å². The van der Waals surface area contributed by atoms with Crippen LogP contribution in [0.4, 0.5) is 0 Å². The first-order chi connectivity index (χ1) is 7.91. The van der Waals surface area contributed by atoms with Crippen LogP contribution in [0.5, 0.6) is 0 Å². The Kier molecular flexibility index (Phi) is 4.42. The zero-order valence-electron chi connectivity index (χ0n) is 9.20. The molecule has 0 heterocycles. The van der Waals surface area contributed by atoms with Crippen molar-refractivity contribution < 1.29 is 18.3 Å². The second kappa shape index (κ2) is 5.60. The number of benzene rings is 1. The van der Waals surface area contributed by atoms with Crippen molar-refractivity contribution in [3.63, 3.8) is 0 Å². The molecule has 0 saturated carbocycles. The zero-order chi connectivity index (χ0) is 12.9. The normalized spacial score (nSPS) is 13.7. The summed E-state index contributed by atoms with van der Waals surface area (Å²) in [6.45, 7) is 1.26. The van der Waals surface area contributed by atoms with E-state index in [9.17, 15) is 13.2 Å². The maximum Gasteiger partial charge on any atom is 0.321 e. The average Bonchev–Trinajstić information content (AvgIpc) is 2.27. The number of aliphatic carboxylic acids is 1. The van der Waals surface area contributed by atoms with Crippen LogP contribution in [0.25, 0.3) is 6.08 Å². The van der Waals surface area contributed by atoms with Gasteiger partial charge >= 0.3 is 5.97 Å². The molecule has 0 aliphatic carbocycles. The van der Waals surface area contributed by atoms with Gasteiger partial charge in [0, 0.05) is 5.41 Å². The van der Waals surface area contributed by atoms with Crippen molar-refractivity contribution >= 4 is 22.1 Å². The summed E-state index contributed by atoms with van der Waals surface area (Å²) in [5, 5.41) is 9.53. The number of carboxylic acids is 1. The second-order valence-corrected chi connectivity index (χ2v) is 5.03. The van der Waals surface area contributed by atoms with E-state index in [-0.39, 0.29) is 0 Å². The van der Waals surface area contributed by atoms with Gasteiger partial charge in [0.1, 0.15) is 6.04 Å². The molecule has 0 aliphatic heterocycles. The molecule has 1 aromatic rings. The van der Waals surface area contributed by atoms with E-state index in [1.165, 1.54) is 13.0 Å². The van der Waals surface area contributed by atoms with Crippen molar-refractivity contribution in [1.82, 2.24) is 4.72 Å². The molecule has 1 atom stereocenters. The summed E-state index contributed by atoms with van der Waals surface area (Å²) in [7, 11) is -3.74. The van der Waals surface area contributed by atoms with Gasteiger partial charge in [-0.3, -0.25) is 4.79 Å². The van der Waals surface area contributed by atoms with E-state index < -0.39 is 22.0 Å². The van der Waals surface area contributed by atoms with Crippen LogP contribution >= 0.6 is 0 Å². The van der Waals surface area contributed by atoms with Crippen molar-refractivity contribution in [2.24, 2.45) is 0 Å². The molecule has 0 aromatic heterocycles. The fraction of sp³-hybridized carbons (Fsp3) is 0.182. The molecule has 5 nitrogen and oxygen atoms in total. The van der Waals surface area contributed by atoms with Crippen LogP contribution in [-0.2, 0) is 14.8 Å². The van der Waals surface area contributed by atoms with Crippen molar-refractivity contribution in [3.8, 4) is 0 Å². The number of hydrogen-bond acceptors (Lipinski definition) is 3. The summed E-state index contributed by atoms with van der Waals surface area (Å²) in [6, 6.07) is 7.70. The van der Waals surface area contributed by atoms with Crippen LogP contribution in [0, 0.1) is 0 Å². The van der Waals surface area contributed by atoms with Gasteiger partial charge in [0.05, 0.1) is 0 Å². The summed E-state index contributed by atoms with van der Waals surface area (Å²) in [5.41, 5.74) is 0.723. The Morgan fingerprint density at radius 1 is 1.35 bits per heavy atom. The van der Waals surface area contributed by atoms with E-state index in [0.29, 0.717) is 0 Å². The third-order valence-corrected chi connectivity index (χ3v) is 3.13.